The molecule has 1 unspecified atom stereocenters. The zero-order valence-electron chi connectivity index (χ0n) is 15.5. The molecule has 0 saturated heterocycles. The third kappa shape index (κ3) is 4.51. The van der Waals surface area contributed by atoms with Gasteiger partial charge in [-0.2, -0.15) is 0 Å². The molecule has 6 heteroatoms. The first-order chi connectivity index (χ1) is 12.6. The standard InChI is InChI=1S/C20H27N3O3/c1-3-5-15(24)12-23-9-8-18-17(13-23)20(25)22-19(21-18)11-14-6-4-7-16(10-14)26-2/h4,6-7,10,15,24H,3,5,8-9,11-13H2,1-2H3,(H,21,22,25). The van der Waals surface area contributed by atoms with E-state index in [1.165, 1.54) is 0 Å². The Morgan fingerprint density at radius 1 is 1.42 bits per heavy atom. The Morgan fingerprint density at radius 3 is 3.04 bits per heavy atom. The number of fused-ring (bicyclic) bond motifs is 1. The second-order valence-electron chi connectivity index (χ2n) is 6.89. The molecule has 0 saturated carbocycles. The molecule has 1 aliphatic heterocycles. The molecule has 0 spiro atoms. The lowest BCUT2D eigenvalue weighted by Gasteiger charge is -2.29. The number of benzene rings is 1. The van der Waals surface area contributed by atoms with Crippen molar-refractivity contribution in [2.24, 2.45) is 0 Å². The van der Waals surface area contributed by atoms with Gasteiger partial charge in [0.2, 0.25) is 0 Å². The van der Waals surface area contributed by atoms with Gasteiger partial charge in [0, 0.05) is 32.5 Å². The van der Waals surface area contributed by atoms with E-state index in [1.807, 2.05) is 24.3 Å². The molecule has 2 heterocycles. The molecule has 2 N–H and O–H groups in total. The summed E-state index contributed by atoms with van der Waals surface area (Å²) in [5.74, 6) is 1.48. The van der Waals surface area contributed by atoms with Crippen LogP contribution in [0, 0.1) is 0 Å². The van der Waals surface area contributed by atoms with Crippen molar-refractivity contribution in [1.82, 2.24) is 14.9 Å². The number of rotatable bonds is 7. The van der Waals surface area contributed by atoms with Crippen LogP contribution in [0.2, 0.25) is 0 Å². The van der Waals surface area contributed by atoms with Crippen molar-refractivity contribution in [1.29, 1.82) is 0 Å². The van der Waals surface area contributed by atoms with Crippen molar-refractivity contribution in [2.45, 2.75) is 45.3 Å². The molecule has 0 bridgehead atoms. The molecule has 0 fully saturated rings. The minimum atomic E-state index is -0.332. The van der Waals surface area contributed by atoms with Crippen LogP contribution >= 0.6 is 0 Å². The van der Waals surface area contributed by atoms with E-state index in [1.54, 1.807) is 7.11 Å². The molecule has 6 nitrogen and oxygen atoms in total. The van der Waals surface area contributed by atoms with E-state index in [0.29, 0.717) is 25.3 Å². The zero-order valence-corrected chi connectivity index (χ0v) is 15.5. The molecule has 1 aliphatic rings. The van der Waals surface area contributed by atoms with E-state index >= 15 is 0 Å². The summed E-state index contributed by atoms with van der Waals surface area (Å²) in [4.78, 5) is 22.3. The van der Waals surface area contributed by atoms with Crippen LogP contribution in [0.4, 0.5) is 0 Å². The van der Waals surface area contributed by atoms with Gasteiger partial charge in [0.15, 0.2) is 0 Å². The number of hydrogen-bond acceptors (Lipinski definition) is 5. The number of β-amino-alcohol motifs (C(OH)–C–C–N with tert-alkyl or cyclic N) is 1. The Labute approximate surface area is 153 Å². The van der Waals surface area contributed by atoms with Crippen LogP contribution in [0.15, 0.2) is 29.1 Å². The Kier molecular flexibility index (Phi) is 6.06. The van der Waals surface area contributed by atoms with Gasteiger partial charge in [0.05, 0.1) is 24.5 Å². The predicted molar refractivity (Wildman–Crippen MR) is 101 cm³/mol. The van der Waals surface area contributed by atoms with E-state index in [0.717, 1.165) is 48.4 Å². The number of nitrogens with one attached hydrogen (secondary N) is 1. The molecule has 0 amide bonds. The molecule has 3 rings (SSSR count). The second kappa shape index (κ2) is 8.47. The Balaban J connectivity index is 1.73. The van der Waals surface area contributed by atoms with Crippen molar-refractivity contribution < 1.29 is 9.84 Å². The lowest BCUT2D eigenvalue weighted by Crippen LogP contribution is -2.40. The normalized spacial score (nSPS) is 15.5. The summed E-state index contributed by atoms with van der Waals surface area (Å²) >= 11 is 0. The number of nitrogens with zero attached hydrogens (tertiary/aromatic N) is 2. The van der Waals surface area contributed by atoms with Crippen LogP contribution in [0.3, 0.4) is 0 Å². The fraction of sp³-hybridized carbons (Fsp3) is 0.500. The maximum Gasteiger partial charge on any atom is 0.255 e. The second-order valence-corrected chi connectivity index (χ2v) is 6.89. The minimum absolute atomic E-state index is 0.0671. The summed E-state index contributed by atoms with van der Waals surface area (Å²) < 4.78 is 5.25. The molecule has 0 aliphatic carbocycles. The summed E-state index contributed by atoms with van der Waals surface area (Å²) in [6.45, 7) is 4.05. The molecule has 0 radical (unpaired) electrons. The van der Waals surface area contributed by atoms with Crippen LogP contribution in [-0.4, -0.2) is 46.3 Å². The average molecular weight is 357 g/mol. The van der Waals surface area contributed by atoms with Crippen molar-refractivity contribution >= 4 is 0 Å². The first-order valence-electron chi connectivity index (χ1n) is 9.23. The SMILES string of the molecule is CCCC(O)CN1CCc2nc(Cc3cccc(OC)c3)[nH]c(=O)c2C1. The molecule has 1 aromatic heterocycles. The van der Waals surface area contributed by atoms with Crippen LogP contribution in [-0.2, 0) is 19.4 Å². The van der Waals surface area contributed by atoms with Crippen LogP contribution in [0.25, 0.3) is 0 Å². The van der Waals surface area contributed by atoms with Gasteiger partial charge >= 0.3 is 0 Å². The highest BCUT2D eigenvalue weighted by molar-refractivity contribution is 5.31. The van der Waals surface area contributed by atoms with Gasteiger partial charge in [0.25, 0.3) is 5.56 Å². The highest BCUT2D eigenvalue weighted by atomic mass is 16.5. The molecular weight excluding hydrogens is 330 g/mol. The maximum atomic E-state index is 12.5. The van der Waals surface area contributed by atoms with Gasteiger partial charge in [-0.1, -0.05) is 25.5 Å². The van der Waals surface area contributed by atoms with Gasteiger partial charge < -0.3 is 14.8 Å². The summed E-state index contributed by atoms with van der Waals surface area (Å²) in [7, 11) is 1.64. The monoisotopic (exact) mass is 357 g/mol. The van der Waals surface area contributed by atoms with Gasteiger partial charge in [-0.05, 0) is 24.1 Å². The average Bonchev–Trinajstić information content (AvgIpc) is 2.62. The molecule has 1 aromatic carbocycles. The van der Waals surface area contributed by atoms with Gasteiger partial charge in [-0.15, -0.1) is 0 Å². The first-order valence-corrected chi connectivity index (χ1v) is 9.23. The third-order valence-electron chi connectivity index (χ3n) is 4.79. The molecular formula is C20H27N3O3. The van der Waals surface area contributed by atoms with Crippen molar-refractivity contribution in [2.75, 3.05) is 20.2 Å². The van der Waals surface area contributed by atoms with Crippen LogP contribution < -0.4 is 10.3 Å². The van der Waals surface area contributed by atoms with Gasteiger partial charge in [-0.25, -0.2) is 4.98 Å². The first kappa shape index (κ1) is 18.6. The van der Waals surface area contributed by atoms with E-state index in [9.17, 15) is 9.90 Å². The van der Waals surface area contributed by atoms with E-state index in [4.69, 9.17) is 4.74 Å². The number of aliphatic hydroxyl groups excluding tert-OH is 1. The maximum absolute atomic E-state index is 12.5. The number of methoxy groups -OCH3 is 1. The van der Waals surface area contributed by atoms with Crippen molar-refractivity contribution in [3.63, 3.8) is 0 Å². The third-order valence-corrected chi connectivity index (χ3v) is 4.79. The smallest absolute Gasteiger partial charge is 0.255 e. The topological polar surface area (TPSA) is 78.5 Å². The molecule has 1 atom stereocenters. The number of aromatic amines is 1. The number of H-pyrrole nitrogens is 1. The quantitative estimate of drug-likeness (QED) is 0.791. The molecule has 26 heavy (non-hydrogen) atoms. The van der Waals surface area contributed by atoms with Crippen molar-refractivity contribution in [3.8, 4) is 5.75 Å². The Bertz CT molecular complexity index is 803. The Morgan fingerprint density at radius 2 is 2.27 bits per heavy atom. The highest BCUT2D eigenvalue weighted by Crippen LogP contribution is 2.17. The summed E-state index contributed by atoms with van der Waals surface area (Å²) in [5.41, 5.74) is 2.59. The van der Waals surface area contributed by atoms with Crippen molar-refractivity contribution in [3.05, 3.63) is 57.3 Å². The van der Waals surface area contributed by atoms with E-state index in [-0.39, 0.29) is 11.7 Å². The van der Waals surface area contributed by atoms with Gasteiger partial charge in [0.1, 0.15) is 11.6 Å². The molecule has 140 valence electrons. The van der Waals surface area contributed by atoms with E-state index in [2.05, 4.69) is 21.8 Å². The highest BCUT2D eigenvalue weighted by Gasteiger charge is 2.22. The lowest BCUT2D eigenvalue weighted by atomic mass is 10.0. The number of aromatic nitrogens is 2. The number of aliphatic hydroxyl groups is 1. The number of ether oxygens (including phenoxy) is 1. The van der Waals surface area contributed by atoms with Crippen LogP contribution in [0.1, 0.15) is 42.4 Å². The summed E-state index contributed by atoms with van der Waals surface area (Å²) in [6.07, 6.45) is 2.72. The fourth-order valence-corrected chi connectivity index (χ4v) is 3.47. The lowest BCUT2D eigenvalue weighted by molar-refractivity contribution is 0.0972. The molecule has 2 aromatic rings. The largest absolute Gasteiger partial charge is 0.497 e. The zero-order chi connectivity index (χ0) is 18.5. The fourth-order valence-electron chi connectivity index (χ4n) is 3.47. The summed E-state index contributed by atoms with van der Waals surface area (Å²) in [6, 6.07) is 7.79. The summed E-state index contributed by atoms with van der Waals surface area (Å²) in [5, 5.41) is 10.0. The predicted octanol–water partition coefficient (Wildman–Crippen LogP) is 1.89. The van der Waals surface area contributed by atoms with Gasteiger partial charge in [-0.3, -0.25) is 9.69 Å². The van der Waals surface area contributed by atoms with E-state index < -0.39 is 0 Å². The Hall–Kier alpha value is -2.18. The van der Waals surface area contributed by atoms with Crippen LogP contribution in [0.5, 0.6) is 5.75 Å². The minimum Gasteiger partial charge on any atom is -0.497 e. The number of hydrogen-bond donors (Lipinski definition) is 2.